The first-order valence-corrected chi connectivity index (χ1v) is 8.62. The van der Waals surface area contributed by atoms with Gasteiger partial charge in [-0.25, -0.2) is 4.79 Å². The molecule has 1 aromatic rings. The van der Waals surface area contributed by atoms with E-state index in [0.717, 1.165) is 25.8 Å². The average Bonchev–Trinajstić information content (AvgIpc) is 2.90. The minimum absolute atomic E-state index is 0.0901. The molecule has 0 radical (unpaired) electrons. The predicted octanol–water partition coefficient (Wildman–Crippen LogP) is 3.48. The number of carbonyl (C=O) groups is 2. The molecule has 2 bridgehead atoms. The second kappa shape index (κ2) is 5.64. The number of aryl methyl sites for hydroxylation is 2. The van der Waals surface area contributed by atoms with Crippen molar-refractivity contribution in [3.8, 4) is 0 Å². The van der Waals surface area contributed by atoms with Gasteiger partial charge in [-0.05, 0) is 50.0 Å². The predicted molar refractivity (Wildman–Crippen MR) is 89.7 cm³/mol. The minimum atomic E-state index is -0.494. The van der Waals surface area contributed by atoms with Gasteiger partial charge < -0.3 is 14.1 Å². The molecule has 2 aliphatic rings. The fraction of sp³-hybridized carbons (Fsp3) is 0.684. The maximum Gasteiger partial charge on any atom is 0.342 e. The lowest BCUT2D eigenvalue weighted by Crippen LogP contribution is -2.39. The van der Waals surface area contributed by atoms with Crippen LogP contribution in [0.2, 0.25) is 0 Å². The van der Waals surface area contributed by atoms with E-state index in [2.05, 4.69) is 20.8 Å². The van der Waals surface area contributed by atoms with Gasteiger partial charge in [-0.15, -0.1) is 0 Å². The molecule has 2 fully saturated rings. The number of likely N-dealkylation sites (tertiary alicyclic amines) is 1. The highest BCUT2D eigenvalue weighted by Gasteiger charge is 2.50. The van der Waals surface area contributed by atoms with Crippen LogP contribution >= 0.6 is 0 Å². The molecule has 2 unspecified atom stereocenters. The largest absolute Gasteiger partial charge is 0.466 e. The Kier molecular flexibility index (Phi) is 4.01. The summed E-state index contributed by atoms with van der Waals surface area (Å²) in [7, 11) is 0. The van der Waals surface area contributed by atoms with Crippen molar-refractivity contribution in [3.63, 3.8) is 0 Å². The summed E-state index contributed by atoms with van der Waals surface area (Å²) in [6.45, 7) is 10.9. The van der Waals surface area contributed by atoms with E-state index in [-0.39, 0.29) is 29.4 Å². The third kappa shape index (κ3) is 3.21. The molecule has 0 spiro atoms. The van der Waals surface area contributed by atoms with Crippen LogP contribution in [-0.4, -0.2) is 36.0 Å². The normalized spacial score (nSPS) is 28.0. The van der Waals surface area contributed by atoms with Gasteiger partial charge in [0.15, 0.2) is 6.61 Å². The lowest BCUT2D eigenvalue weighted by molar-refractivity contribution is -0.135. The molecule has 1 saturated heterocycles. The van der Waals surface area contributed by atoms with Crippen LogP contribution in [0.25, 0.3) is 0 Å². The number of ether oxygens (including phenoxy) is 1. The molecule has 1 aromatic heterocycles. The van der Waals surface area contributed by atoms with Crippen molar-refractivity contribution in [3.05, 3.63) is 23.2 Å². The van der Waals surface area contributed by atoms with Crippen molar-refractivity contribution in [1.29, 1.82) is 0 Å². The first kappa shape index (κ1) is 17.1. The molecule has 0 aromatic carbocycles. The molecule has 132 valence electrons. The molecular formula is C19H27NO4. The fourth-order valence-corrected chi connectivity index (χ4v) is 4.87. The third-order valence-corrected chi connectivity index (χ3v) is 5.32. The standard InChI is InChI=1S/C19H27NO4/c1-12-6-15(13(2)24-12)17(22)23-9-16(21)20-11-19(5)8-14(20)7-18(3,4)10-19/h6,14H,7-11H2,1-5H3. The Hall–Kier alpha value is -1.78. The quantitative estimate of drug-likeness (QED) is 0.795. The molecule has 24 heavy (non-hydrogen) atoms. The Balaban J connectivity index is 1.62. The molecular weight excluding hydrogens is 306 g/mol. The zero-order valence-corrected chi connectivity index (χ0v) is 15.3. The number of fused-ring (bicyclic) bond motifs is 2. The Morgan fingerprint density at radius 1 is 1.29 bits per heavy atom. The van der Waals surface area contributed by atoms with Crippen molar-refractivity contribution in [2.24, 2.45) is 10.8 Å². The van der Waals surface area contributed by atoms with Crippen molar-refractivity contribution < 1.29 is 18.7 Å². The summed E-state index contributed by atoms with van der Waals surface area (Å²) in [5, 5.41) is 0. The zero-order chi connectivity index (χ0) is 17.7. The molecule has 2 atom stereocenters. The molecule has 1 aliphatic heterocycles. The summed E-state index contributed by atoms with van der Waals surface area (Å²) >= 11 is 0. The first-order chi connectivity index (χ1) is 11.1. The van der Waals surface area contributed by atoms with E-state index < -0.39 is 5.97 Å². The minimum Gasteiger partial charge on any atom is -0.466 e. The summed E-state index contributed by atoms with van der Waals surface area (Å²) < 4.78 is 10.6. The topological polar surface area (TPSA) is 59.8 Å². The molecule has 5 nitrogen and oxygen atoms in total. The number of hydrogen-bond donors (Lipinski definition) is 0. The highest BCUT2D eigenvalue weighted by molar-refractivity contribution is 5.92. The van der Waals surface area contributed by atoms with Crippen molar-refractivity contribution >= 4 is 11.9 Å². The van der Waals surface area contributed by atoms with Crippen LogP contribution in [0.4, 0.5) is 0 Å². The molecule has 0 N–H and O–H groups in total. The van der Waals surface area contributed by atoms with E-state index in [1.165, 1.54) is 0 Å². The van der Waals surface area contributed by atoms with Gasteiger partial charge >= 0.3 is 5.97 Å². The summed E-state index contributed by atoms with van der Waals surface area (Å²) in [4.78, 5) is 26.7. The number of rotatable bonds is 3. The summed E-state index contributed by atoms with van der Waals surface area (Å²) in [6, 6.07) is 1.91. The van der Waals surface area contributed by atoms with E-state index in [0.29, 0.717) is 17.1 Å². The second-order valence-corrected chi connectivity index (χ2v) is 8.64. The smallest absolute Gasteiger partial charge is 0.342 e. The van der Waals surface area contributed by atoms with Crippen LogP contribution in [0.3, 0.4) is 0 Å². The maximum atomic E-state index is 12.6. The van der Waals surface area contributed by atoms with Gasteiger partial charge in [0.1, 0.15) is 17.1 Å². The van der Waals surface area contributed by atoms with Crippen LogP contribution in [0.5, 0.6) is 0 Å². The number of esters is 1. The molecule has 2 heterocycles. The Morgan fingerprint density at radius 2 is 2.00 bits per heavy atom. The van der Waals surface area contributed by atoms with Crippen LogP contribution in [0, 0.1) is 24.7 Å². The summed E-state index contributed by atoms with van der Waals surface area (Å²) in [5.74, 6) is 0.601. The lowest BCUT2D eigenvalue weighted by atomic mass is 9.65. The van der Waals surface area contributed by atoms with Crippen LogP contribution < -0.4 is 0 Å². The molecule has 1 amide bonds. The Morgan fingerprint density at radius 3 is 2.62 bits per heavy atom. The first-order valence-electron chi connectivity index (χ1n) is 8.62. The van der Waals surface area contributed by atoms with E-state index in [4.69, 9.17) is 9.15 Å². The summed E-state index contributed by atoms with van der Waals surface area (Å²) in [6.07, 6.45) is 3.20. The van der Waals surface area contributed by atoms with Crippen molar-refractivity contribution in [2.75, 3.05) is 13.2 Å². The van der Waals surface area contributed by atoms with Crippen LogP contribution in [-0.2, 0) is 9.53 Å². The van der Waals surface area contributed by atoms with Crippen LogP contribution in [0.1, 0.15) is 61.9 Å². The Bertz CT molecular complexity index is 675. The monoisotopic (exact) mass is 333 g/mol. The van der Waals surface area contributed by atoms with Gasteiger partial charge in [-0.2, -0.15) is 0 Å². The molecule has 1 aliphatic carbocycles. The SMILES string of the molecule is Cc1cc(C(=O)OCC(=O)N2CC3(C)CC2CC(C)(C)C3)c(C)o1. The van der Waals surface area contributed by atoms with Crippen molar-refractivity contribution in [1.82, 2.24) is 4.90 Å². The highest BCUT2D eigenvalue weighted by Crippen LogP contribution is 2.52. The number of furan rings is 1. The third-order valence-electron chi connectivity index (χ3n) is 5.32. The Labute approximate surface area is 143 Å². The lowest BCUT2D eigenvalue weighted by Gasteiger charge is -2.39. The van der Waals surface area contributed by atoms with E-state index in [1.807, 2.05) is 4.90 Å². The molecule has 1 saturated carbocycles. The van der Waals surface area contributed by atoms with Gasteiger partial charge in [-0.1, -0.05) is 20.8 Å². The number of nitrogens with zero attached hydrogens (tertiary/aromatic N) is 1. The number of hydrogen-bond acceptors (Lipinski definition) is 4. The van der Waals surface area contributed by atoms with Gasteiger partial charge in [0.25, 0.3) is 5.91 Å². The van der Waals surface area contributed by atoms with Gasteiger partial charge in [-0.3, -0.25) is 4.79 Å². The van der Waals surface area contributed by atoms with E-state index in [9.17, 15) is 9.59 Å². The van der Waals surface area contributed by atoms with Gasteiger partial charge in [0.2, 0.25) is 0 Å². The number of carbonyl (C=O) groups excluding carboxylic acids is 2. The molecule has 3 rings (SSSR count). The van der Waals surface area contributed by atoms with Crippen molar-refractivity contribution in [2.45, 2.75) is 59.9 Å². The summed E-state index contributed by atoms with van der Waals surface area (Å²) in [5.41, 5.74) is 0.840. The zero-order valence-electron chi connectivity index (χ0n) is 15.3. The van der Waals surface area contributed by atoms with E-state index >= 15 is 0 Å². The molecule has 5 heteroatoms. The highest BCUT2D eigenvalue weighted by atomic mass is 16.5. The number of amides is 1. The average molecular weight is 333 g/mol. The second-order valence-electron chi connectivity index (χ2n) is 8.64. The fourth-order valence-electron chi connectivity index (χ4n) is 4.87. The van der Waals surface area contributed by atoms with Gasteiger partial charge in [0, 0.05) is 12.6 Å². The van der Waals surface area contributed by atoms with Crippen LogP contribution in [0.15, 0.2) is 10.5 Å². The maximum absolute atomic E-state index is 12.6. The van der Waals surface area contributed by atoms with Gasteiger partial charge in [0.05, 0.1) is 0 Å². The van der Waals surface area contributed by atoms with E-state index in [1.54, 1.807) is 19.9 Å².